The van der Waals surface area contributed by atoms with E-state index in [1.165, 1.54) is 0 Å². The first-order valence-electron chi connectivity index (χ1n) is 7.75. The summed E-state index contributed by atoms with van der Waals surface area (Å²) < 4.78 is 5.56. The smallest absolute Gasteiger partial charge is 0.166 e. The molecule has 0 aliphatic rings. The number of aliphatic imine (C=N–C) groups is 1. The Hall–Kier alpha value is -1.59. The highest BCUT2D eigenvalue weighted by molar-refractivity contribution is 5.84. The number of phenolic OH excluding ortho intramolecular Hbond substituents is 1. The summed E-state index contributed by atoms with van der Waals surface area (Å²) in [7, 11) is 0. The van der Waals surface area contributed by atoms with E-state index in [9.17, 15) is 5.11 Å². The van der Waals surface area contributed by atoms with Crippen molar-refractivity contribution in [3.8, 4) is 11.5 Å². The van der Waals surface area contributed by atoms with Gasteiger partial charge < -0.3 is 20.9 Å². The maximum absolute atomic E-state index is 10.2. The Labute approximate surface area is 133 Å². The molecule has 1 aromatic carbocycles. The van der Waals surface area contributed by atoms with Crippen molar-refractivity contribution in [3.63, 3.8) is 0 Å². The maximum Gasteiger partial charge on any atom is 0.166 e. The number of nitrogens with one attached hydrogen (secondary N) is 1. The first kappa shape index (κ1) is 18.5. The van der Waals surface area contributed by atoms with Crippen LogP contribution in [0.3, 0.4) is 0 Å². The number of aromatic hydroxyl groups is 1. The van der Waals surface area contributed by atoms with E-state index in [4.69, 9.17) is 10.5 Å². The van der Waals surface area contributed by atoms with E-state index in [0.717, 1.165) is 13.1 Å². The standard InChI is InChI=1S/C17H29N3O2/c1-13(2)22-15-7-5-6-14(16(15)21)10-20-12-17(3,4)11-19-9-8-18/h5-7,10,13,19,21H,8-9,11-12,18H2,1-4H3/b20-10+. The van der Waals surface area contributed by atoms with Crippen LogP contribution in [0.2, 0.25) is 0 Å². The number of para-hydroxylation sites is 1. The van der Waals surface area contributed by atoms with E-state index < -0.39 is 0 Å². The Bertz CT molecular complexity index is 485. The minimum absolute atomic E-state index is 0.0191. The molecule has 0 heterocycles. The van der Waals surface area contributed by atoms with Gasteiger partial charge in [0.15, 0.2) is 11.5 Å². The van der Waals surface area contributed by atoms with E-state index >= 15 is 0 Å². The summed E-state index contributed by atoms with van der Waals surface area (Å²) in [5.41, 5.74) is 6.17. The Morgan fingerprint density at radius 1 is 1.41 bits per heavy atom. The van der Waals surface area contributed by atoms with Gasteiger partial charge in [0, 0.05) is 38.0 Å². The third kappa shape index (κ3) is 6.45. The number of rotatable bonds is 9. The largest absolute Gasteiger partial charge is 0.504 e. The second kappa shape index (κ2) is 8.76. The Morgan fingerprint density at radius 3 is 2.77 bits per heavy atom. The molecular weight excluding hydrogens is 278 g/mol. The normalized spacial score (nSPS) is 12.3. The van der Waals surface area contributed by atoms with Crippen molar-refractivity contribution in [2.75, 3.05) is 26.2 Å². The van der Waals surface area contributed by atoms with Crippen LogP contribution in [0.15, 0.2) is 23.2 Å². The third-order valence-corrected chi connectivity index (χ3v) is 3.07. The van der Waals surface area contributed by atoms with Gasteiger partial charge in [0.1, 0.15) is 0 Å². The zero-order valence-corrected chi connectivity index (χ0v) is 14.1. The summed E-state index contributed by atoms with van der Waals surface area (Å²) in [6.07, 6.45) is 1.72. The van der Waals surface area contributed by atoms with Crippen LogP contribution in [0, 0.1) is 5.41 Å². The van der Waals surface area contributed by atoms with Crippen LogP contribution in [-0.4, -0.2) is 43.6 Å². The number of nitrogens with zero attached hydrogens (tertiary/aromatic N) is 1. The monoisotopic (exact) mass is 307 g/mol. The molecule has 0 radical (unpaired) electrons. The molecule has 0 unspecified atom stereocenters. The number of ether oxygens (including phenoxy) is 1. The van der Waals surface area contributed by atoms with Crippen LogP contribution >= 0.6 is 0 Å². The van der Waals surface area contributed by atoms with Crippen molar-refractivity contribution in [1.29, 1.82) is 0 Å². The molecule has 0 fully saturated rings. The Kier molecular flexibility index (Phi) is 7.35. The van der Waals surface area contributed by atoms with E-state index in [1.54, 1.807) is 12.3 Å². The van der Waals surface area contributed by atoms with Gasteiger partial charge >= 0.3 is 0 Å². The van der Waals surface area contributed by atoms with Crippen molar-refractivity contribution < 1.29 is 9.84 Å². The molecule has 0 aromatic heterocycles. The molecule has 0 spiro atoms. The van der Waals surface area contributed by atoms with E-state index in [-0.39, 0.29) is 17.3 Å². The molecule has 0 bridgehead atoms. The third-order valence-electron chi connectivity index (χ3n) is 3.07. The second-order valence-electron chi connectivity index (χ2n) is 6.46. The quantitative estimate of drug-likeness (QED) is 0.482. The fraction of sp³-hybridized carbons (Fsp3) is 0.588. The van der Waals surface area contributed by atoms with Crippen LogP contribution in [0.1, 0.15) is 33.3 Å². The predicted octanol–water partition coefficient (Wildman–Crippen LogP) is 2.17. The number of phenols is 1. The van der Waals surface area contributed by atoms with Gasteiger partial charge in [0.05, 0.1) is 6.10 Å². The highest BCUT2D eigenvalue weighted by Gasteiger charge is 2.16. The summed E-state index contributed by atoms with van der Waals surface area (Å²) in [6.45, 7) is 11.1. The van der Waals surface area contributed by atoms with Gasteiger partial charge in [-0.3, -0.25) is 4.99 Å². The lowest BCUT2D eigenvalue weighted by atomic mass is 9.94. The molecule has 0 amide bonds. The zero-order valence-electron chi connectivity index (χ0n) is 14.1. The van der Waals surface area contributed by atoms with Crippen LogP contribution in [0.4, 0.5) is 0 Å². The Morgan fingerprint density at radius 2 is 2.14 bits per heavy atom. The molecular formula is C17H29N3O2. The molecule has 4 N–H and O–H groups in total. The highest BCUT2D eigenvalue weighted by atomic mass is 16.5. The van der Waals surface area contributed by atoms with Crippen LogP contribution in [-0.2, 0) is 0 Å². The molecule has 5 heteroatoms. The molecule has 5 nitrogen and oxygen atoms in total. The molecule has 124 valence electrons. The minimum atomic E-state index is 0.0191. The molecule has 0 saturated carbocycles. The number of nitrogens with two attached hydrogens (primary N) is 1. The lowest BCUT2D eigenvalue weighted by Crippen LogP contribution is -2.34. The molecule has 0 aliphatic heterocycles. The van der Waals surface area contributed by atoms with Crippen LogP contribution in [0.25, 0.3) is 0 Å². The van der Waals surface area contributed by atoms with Crippen molar-refractivity contribution in [2.45, 2.75) is 33.8 Å². The van der Waals surface area contributed by atoms with Crippen molar-refractivity contribution >= 4 is 6.21 Å². The second-order valence-corrected chi connectivity index (χ2v) is 6.46. The minimum Gasteiger partial charge on any atom is -0.504 e. The first-order chi connectivity index (χ1) is 10.4. The van der Waals surface area contributed by atoms with E-state index in [2.05, 4.69) is 24.2 Å². The van der Waals surface area contributed by atoms with Gasteiger partial charge in [-0.15, -0.1) is 0 Å². The summed E-state index contributed by atoms with van der Waals surface area (Å²) in [5.74, 6) is 0.627. The SMILES string of the molecule is CC(C)Oc1cccc(/C=N/CC(C)(C)CNCCN)c1O. The van der Waals surface area contributed by atoms with Gasteiger partial charge in [0.2, 0.25) is 0 Å². The fourth-order valence-corrected chi connectivity index (χ4v) is 1.97. The molecule has 1 rings (SSSR count). The summed E-state index contributed by atoms with van der Waals surface area (Å²) in [6, 6.07) is 5.44. The summed E-state index contributed by atoms with van der Waals surface area (Å²) in [5, 5.41) is 13.5. The van der Waals surface area contributed by atoms with Gasteiger partial charge in [-0.25, -0.2) is 0 Å². The highest BCUT2D eigenvalue weighted by Crippen LogP contribution is 2.29. The molecule has 0 saturated heterocycles. The van der Waals surface area contributed by atoms with E-state index in [1.807, 2.05) is 26.0 Å². The molecule has 22 heavy (non-hydrogen) atoms. The van der Waals surface area contributed by atoms with Crippen LogP contribution in [0.5, 0.6) is 11.5 Å². The maximum atomic E-state index is 10.2. The van der Waals surface area contributed by atoms with Gasteiger partial charge in [-0.1, -0.05) is 19.9 Å². The average molecular weight is 307 g/mol. The lowest BCUT2D eigenvalue weighted by Gasteiger charge is -2.22. The van der Waals surface area contributed by atoms with Crippen LogP contribution < -0.4 is 15.8 Å². The van der Waals surface area contributed by atoms with Crippen molar-refractivity contribution in [2.24, 2.45) is 16.1 Å². The summed E-state index contributed by atoms with van der Waals surface area (Å²) in [4.78, 5) is 4.46. The number of hydrogen-bond donors (Lipinski definition) is 3. The number of hydrogen-bond acceptors (Lipinski definition) is 5. The van der Waals surface area contributed by atoms with Gasteiger partial charge in [-0.2, -0.15) is 0 Å². The van der Waals surface area contributed by atoms with E-state index in [0.29, 0.717) is 24.4 Å². The lowest BCUT2D eigenvalue weighted by molar-refractivity contribution is 0.232. The fourth-order valence-electron chi connectivity index (χ4n) is 1.97. The zero-order chi connectivity index (χ0) is 16.6. The van der Waals surface area contributed by atoms with Crippen molar-refractivity contribution in [1.82, 2.24) is 5.32 Å². The average Bonchev–Trinajstić information content (AvgIpc) is 2.42. The molecule has 0 aliphatic carbocycles. The Balaban J connectivity index is 2.66. The van der Waals surface area contributed by atoms with Crippen molar-refractivity contribution in [3.05, 3.63) is 23.8 Å². The van der Waals surface area contributed by atoms with Gasteiger partial charge in [-0.05, 0) is 31.4 Å². The van der Waals surface area contributed by atoms with Gasteiger partial charge in [0.25, 0.3) is 0 Å². The summed E-state index contributed by atoms with van der Waals surface area (Å²) >= 11 is 0. The molecule has 0 atom stereocenters. The predicted molar refractivity (Wildman–Crippen MR) is 92.0 cm³/mol. The number of benzene rings is 1. The topological polar surface area (TPSA) is 79.9 Å². The molecule has 1 aromatic rings. The first-order valence-corrected chi connectivity index (χ1v) is 7.75.